The average Bonchev–Trinajstić information content (AvgIpc) is 2.12. The topological polar surface area (TPSA) is 58.0 Å². The molecule has 0 bridgehead atoms. The molecule has 0 amide bonds. The van der Waals surface area contributed by atoms with E-state index in [0.717, 1.165) is 0 Å². The molecular formula is C8H5N2O2-. The van der Waals surface area contributed by atoms with Gasteiger partial charge in [0.05, 0.1) is 6.20 Å². The number of rotatable bonds is 0. The molecule has 0 spiro atoms. The van der Waals surface area contributed by atoms with E-state index in [-0.39, 0.29) is 4.85 Å². The summed E-state index contributed by atoms with van der Waals surface area (Å²) in [5.74, 6) is 0. The summed E-state index contributed by atoms with van der Waals surface area (Å²) in [6.45, 7) is 0. The molecule has 0 N–H and O–H groups in total. The van der Waals surface area contributed by atoms with Crippen molar-refractivity contribution in [3.8, 4) is 0 Å². The van der Waals surface area contributed by atoms with E-state index in [4.69, 9.17) is 0 Å². The number of benzene rings is 1. The zero-order chi connectivity index (χ0) is 8.55. The minimum absolute atomic E-state index is 0.0856. The SMILES string of the molecule is O=c1c2ccccc2cnn1[O-]. The van der Waals surface area contributed by atoms with Gasteiger partial charge in [0.2, 0.25) is 0 Å². The summed E-state index contributed by atoms with van der Waals surface area (Å²) in [6, 6.07) is 6.85. The van der Waals surface area contributed by atoms with E-state index in [1.165, 1.54) is 6.20 Å². The van der Waals surface area contributed by atoms with E-state index < -0.39 is 5.56 Å². The van der Waals surface area contributed by atoms with Gasteiger partial charge in [0.15, 0.2) is 0 Å². The zero-order valence-electron chi connectivity index (χ0n) is 6.10. The number of fused-ring (bicyclic) bond motifs is 1. The van der Waals surface area contributed by atoms with Crippen molar-refractivity contribution in [1.82, 2.24) is 9.94 Å². The molecule has 0 aliphatic carbocycles. The van der Waals surface area contributed by atoms with Crippen molar-refractivity contribution in [1.29, 1.82) is 0 Å². The van der Waals surface area contributed by atoms with E-state index in [9.17, 15) is 10.0 Å². The molecule has 4 heteroatoms. The lowest BCUT2D eigenvalue weighted by Crippen LogP contribution is -2.17. The van der Waals surface area contributed by atoms with Gasteiger partial charge in [-0.25, -0.2) is 0 Å². The molecule has 0 fully saturated rings. The Morgan fingerprint density at radius 1 is 1.33 bits per heavy atom. The highest BCUT2D eigenvalue weighted by Gasteiger charge is 1.96. The molecule has 2 aromatic rings. The normalized spacial score (nSPS) is 10.3. The lowest BCUT2D eigenvalue weighted by atomic mass is 10.2. The molecule has 60 valence electrons. The van der Waals surface area contributed by atoms with E-state index in [2.05, 4.69) is 5.10 Å². The number of aromatic nitrogens is 2. The van der Waals surface area contributed by atoms with E-state index in [1.807, 2.05) is 0 Å². The van der Waals surface area contributed by atoms with Gasteiger partial charge in [0.25, 0.3) is 5.56 Å². The summed E-state index contributed by atoms with van der Waals surface area (Å²) in [5.41, 5.74) is -0.604. The third-order valence-corrected chi connectivity index (χ3v) is 1.67. The van der Waals surface area contributed by atoms with Crippen LogP contribution in [0.25, 0.3) is 10.8 Å². The molecule has 1 heterocycles. The first-order valence-electron chi connectivity index (χ1n) is 3.43. The fourth-order valence-corrected chi connectivity index (χ4v) is 1.07. The molecule has 0 radical (unpaired) electrons. The fourth-order valence-electron chi connectivity index (χ4n) is 1.07. The molecule has 0 unspecified atom stereocenters. The summed E-state index contributed by atoms with van der Waals surface area (Å²) in [5, 5.41) is 15.2. The van der Waals surface area contributed by atoms with Crippen molar-refractivity contribution in [3.05, 3.63) is 46.0 Å². The van der Waals surface area contributed by atoms with Gasteiger partial charge in [-0.05, 0) is 6.07 Å². The maximum Gasteiger partial charge on any atom is 0.270 e. The van der Waals surface area contributed by atoms with Crippen LogP contribution in [0.15, 0.2) is 35.3 Å². The van der Waals surface area contributed by atoms with Gasteiger partial charge < -0.3 is 5.21 Å². The van der Waals surface area contributed by atoms with Crippen LogP contribution >= 0.6 is 0 Å². The van der Waals surface area contributed by atoms with Gasteiger partial charge in [-0.15, -0.1) is 0 Å². The first-order valence-corrected chi connectivity index (χ1v) is 3.43. The molecule has 0 aliphatic rings. The van der Waals surface area contributed by atoms with E-state index in [1.54, 1.807) is 24.3 Å². The minimum Gasteiger partial charge on any atom is -0.788 e. The summed E-state index contributed by atoms with van der Waals surface area (Å²) in [6.07, 6.45) is 1.38. The number of hydrogen-bond donors (Lipinski definition) is 0. The van der Waals surface area contributed by atoms with Gasteiger partial charge in [0, 0.05) is 10.8 Å². The van der Waals surface area contributed by atoms with Gasteiger partial charge in [0.1, 0.15) is 0 Å². The van der Waals surface area contributed by atoms with Crippen molar-refractivity contribution in [2.45, 2.75) is 0 Å². The van der Waals surface area contributed by atoms with Gasteiger partial charge >= 0.3 is 0 Å². The smallest absolute Gasteiger partial charge is 0.270 e. The fraction of sp³-hybridized carbons (Fsp3) is 0. The highest BCUT2D eigenvalue weighted by molar-refractivity contribution is 5.80. The second-order valence-corrected chi connectivity index (χ2v) is 2.41. The van der Waals surface area contributed by atoms with Crippen LogP contribution in [-0.4, -0.2) is 9.94 Å². The van der Waals surface area contributed by atoms with E-state index in [0.29, 0.717) is 10.8 Å². The van der Waals surface area contributed by atoms with Crippen molar-refractivity contribution in [2.24, 2.45) is 0 Å². The van der Waals surface area contributed by atoms with Crippen LogP contribution in [0.2, 0.25) is 0 Å². The van der Waals surface area contributed by atoms with Crippen molar-refractivity contribution in [3.63, 3.8) is 0 Å². The predicted molar refractivity (Wildman–Crippen MR) is 44.8 cm³/mol. The predicted octanol–water partition coefficient (Wildman–Crippen LogP) is 0.742. The lowest BCUT2D eigenvalue weighted by Gasteiger charge is -2.06. The van der Waals surface area contributed by atoms with Crippen LogP contribution in [0.4, 0.5) is 0 Å². The molecular weight excluding hydrogens is 156 g/mol. The Balaban J connectivity index is 3.01. The Kier molecular flexibility index (Phi) is 1.33. The standard InChI is InChI=1S/C8H5N2O2/c11-8-7-4-2-1-3-6(7)5-9-10(8)12/h1-5H/q-1. The first kappa shape index (κ1) is 6.84. The maximum atomic E-state index is 11.1. The van der Waals surface area contributed by atoms with Gasteiger partial charge in [-0.2, -0.15) is 5.10 Å². The van der Waals surface area contributed by atoms with Gasteiger partial charge in [-0.1, -0.05) is 18.2 Å². The summed E-state index contributed by atoms with van der Waals surface area (Å²) in [4.78, 5) is 11.2. The summed E-state index contributed by atoms with van der Waals surface area (Å²) in [7, 11) is 0. The summed E-state index contributed by atoms with van der Waals surface area (Å²) >= 11 is 0. The molecule has 0 saturated heterocycles. The van der Waals surface area contributed by atoms with Crippen molar-refractivity contribution < 1.29 is 0 Å². The second-order valence-electron chi connectivity index (χ2n) is 2.41. The third kappa shape index (κ3) is 0.852. The Morgan fingerprint density at radius 3 is 2.92 bits per heavy atom. The number of nitrogens with zero attached hydrogens (tertiary/aromatic N) is 2. The van der Waals surface area contributed by atoms with E-state index >= 15 is 0 Å². The molecule has 2 rings (SSSR count). The van der Waals surface area contributed by atoms with Crippen LogP contribution in [0, 0.1) is 5.21 Å². The van der Waals surface area contributed by atoms with Crippen molar-refractivity contribution >= 4 is 10.8 Å². The van der Waals surface area contributed by atoms with Crippen LogP contribution in [0.5, 0.6) is 0 Å². The molecule has 4 nitrogen and oxygen atoms in total. The Bertz CT molecular complexity index is 476. The van der Waals surface area contributed by atoms with Crippen LogP contribution < -0.4 is 5.56 Å². The minimum atomic E-state index is -0.604. The summed E-state index contributed by atoms with van der Waals surface area (Å²) < 4.78 is 0. The molecule has 0 aliphatic heterocycles. The largest absolute Gasteiger partial charge is 0.788 e. The van der Waals surface area contributed by atoms with Crippen LogP contribution in [-0.2, 0) is 0 Å². The molecule has 0 atom stereocenters. The molecule has 1 aromatic carbocycles. The van der Waals surface area contributed by atoms with Gasteiger partial charge in [-0.3, -0.25) is 9.64 Å². The third-order valence-electron chi connectivity index (χ3n) is 1.67. The Morgan fingerprint density at radius 2 is 2.08 bits per heavy atom. The highest BCUT2D eigenvalue weighted by Crippen LogP contribution is 2.05. The average molecular weight is 161 g/mol. The van der Waals surface area contributed by atoms with Crippen LogP contribution in [0.3, 0.4) is 0 Å². The lowest BCUT2D eigenvalue weighted by molar-refractivity contribution is 0.826. The van der Waals surface area contributed by atoms with Crippen molar-refractivity contribution in [2.75, 3.05) is 0 Å². The first-order chi connectivity index (χ1) is 5.79. The molecule has 0 saturated carbocycles. The monoisotopic (exact) mass is 161 g/mol. The molecule has 1 aromatic heterocycles. The maximum absolute atomic E-state index is 11.1. The highest BCUT2D eigenvalue weighted by atomic mass is 16.5. The Hall–Kier alpha value is -1.84. The second kappa shape index (κ2) is 2.34. The quantitative estimate of drug-likeness (QED) is 0.572. The van der Waals surface area contributed by atoms with Crippen LogP contribution in [0.1, 0.15) is 0 Å². The molecule has 12 heavy (non-hydrogen) atoms. The Labute approximate surface area is 67.6 Å². The number of hydrogen-bond acceptors (Lipinski definition) is 3. The zero-order valence-corrected chi connectivity index (χ0v) is 6.10.